The summed E-state index contributed by atoms with van der Waals surface area (Å²) in [5.41, 5.74) is 1.21. The van der Waals surface area contributed by atoms with Crippen molar-refractivity contribution in [3.8, 4) is 5.75 Å². The number of ether oxygens (including phenoxy) is 1. The van der Waals surface area contributed by atoms with Gasteiger partial charge in [0, 0.05) is 16.6 Å². The highest BCUT2D eigenvalue weighted by Gasteiger charge is 2.23. The lowest BCUT2D eigenvalue weighted by Crippen LogP contribution is -2.38. The Labute approximate surface area is 130 Å². The molecule has 6 heteroatoms. The third-order valence-corrected chi connectivity index (χ3v) is 3.42. The number of halogens is 1. The summed E-state index contributed by atoms with van der Waals surface area (Å²) in [4.78, 5) is 24.4. The molecular weight excluding hydrogens is 338 g/mol. The molecule has 1 aromatic carbocycles. The highest BCUT2D eigenvalue weighted by molar-refractivity contribution is 9.10. The Kier molecular flexibility index (Phi) is 4.80. The first-order chi connectivity index (χ1) is 10.0. The predicted molar refractivity (Wildman–Crippen MR) is 82.0 cm³/mol. The number of hydrogen-bond acceptors (Lipinski definition) is 3. The van der Waals surface area contributed by atoms with E-state index in [2.05, 4.69) is 22.5 Å². The van der Waals surface area contributed by atoms with Gasteiger partial charge in [-0.15, -0.1) is 6.58 Å². The lowest BCUT2D eigenvalue weighted by Gasteiger charge is -2.23. The highest BCUT2D eigenvalue weighted by atomic mass is 79.9. The van der Waals surface area contributed by atoms with Crippen LogP contribution < -0.4 is 4.74 Å². The molecule has 1 N–H and O–H groups in total. The molecular formula is C15H14BrNO4. The van der Waals surface area contributed by atoms with Crippen LogP contribution >= 0.6 is 15.9 Å². The highest BCUT2D eigenvalue weighted by Crippen LogP contribution is 2.29. The normalized spacial score (nSPS) is 12.7. The van der Waals surface area contributed by atoms with Gasteiger partial charge in [-0.05, 0) is 24.3 Å². The number of carboxylic acid groups (broad SMARTS) is 1. The fraction of sp³-hybridized carbons (Fsp3) is 0.200. The number of carboxylic acids is 1. The molecule has 1 aromatic rings. The van der Waals surface area contributed by atoms with Crippen LogP contribution in [-0.4, -0.2) is 41.6 Å². The fourth-order valence-corrected chi connectivity index (χ4v) is 2.39. The van der Waals surface area contributed by atoms with Crippen LogP contribution in [-0.2, 0) is 9.59 Å². The van der Waals surface area contributed by atoms with Crippen LogP contribution in [0.1, 0.15) is 5.56 Å². The summed E-state index contributed by atoms with van der Waals surface area (Å²) in [5.74, 6) is -0.725. The third-order valence-electron chi connectivity index (χ3n) is 2.92. The Morgan fingerprint density at radius 3 is 2.90 bits per heavy atom. The second-order valence-corrected chi connectivity index (χ2v) is 5.42. The van der Waals surface area contributed by atoms with Gasteiger partial charge in [0.15, 0.2) is 0 Å². The van der Waals surface area contributed by atoms with Crippen LogP contribution in [0.2, 0.25) is 0 Å². The van der Waals surface area contributed by atoms with Gasteiger partial charge in [-0.2, -0.15) is 0 Å². The number of amides is 1. The van der Waals surface area contributed by atoms with Gasteiger partial charge in [0.05, 0.1) is 5.57 Å². The summed E-state index contributed by atoms with van der Waals surface area (Å²) in [6, 6.07) is 5.51. The minimum Gasteiger partial charge on any atom is -0.488 e. The van der Waals surface area contributed by atoms with Gasteiger partial charge in [0.2, 0.25) is 0 Å². The van der Waals surface area contributed by atoms with Crippen molar-refractivity contribution >= 4 is 33.9 Å². The molecule has 0 aromatic heterocycles. The van der Waals surface area contributed by atoms with E-state index < -0.39 is 5.97 Å². The number of aliphatic carboxylic acids is 1. The minimum absolute atomic E-state index is 0.126. The summed E-state index contributed by atoms with van der Waals surface area (Å²) >= 11 is 3.36. The second-order valence-electron chi connectivity index (χ2n) is 4.51. The molecule has 0 bridgehead atoms. The fourth-order valence-electron chi connectivity index (χ4n) is 2.01. The van der Waals surface area contributed by atoms with Gasteiger partial charge in [0.25, 0.3) is 5.91 Å². The zero-order chi connectivity index (χ0) is 15.4. The molecule has 21 heavy (non-hydrogen) atoms. The molecule has 1 aliphatic rings. The Balaban J connectivity index is 2.26. The SMILES string of the molecule is C=CCN(CC(=O)O)C(=O)C1=Cc2cc(Br)ccc2OC1. The van der Waals surface area contributed by atoms with Gasteiger partial charge in [-0.1, -0.05) is 22.0 Å². The maximum Gasteiger partial charge on any atom is 0.323 e. The van der Waals surface area contributed by atoms with E-state index in [-0.39, 0.29) is 25.6 Å². The molecule has 0 saturated heterocycles. The van der Waals surface area contributed by atoms with E-state index in [9.17, 15) is 9.59 Å². The van der Waals surface area contributed by atoms with E-state index >= 15 is 0 Å². The standard InChI is InChI=1S/C15H14BrNO4/c1-2-5-17(8-14(18)19)15(20)11-6-10-7-12(16)3-4-13(10)21-9-11/h2-4,6-7H,1,5,8-9H2,(H,18,19). The summed E-state index contributed by atoms with van der Waals surface area (Å²) in [5, 5.41) is 8.87. The number of hydrogen-bond donors (Lipinski definition) is 1. The lowest BCUT2D eigenvalue weighted by molar-refractivity contribution is -0.142. The summed E-state index contributed by atoms with van der Waals surface area (Å²) < 4.78 is 6.41. The van der Waals surface area contributed by atoms with Gasteiger partial charge in [-0.3, -0.25) is 9.59 Å². The molecule has 2 rings (SSSR count). The van der Waals surface area contributed by atoms with Crippen LogP contribution in [0, 0.1) is 0 Å². The van der Waals surface area contributed by atoms with Gasteiger partial charge >= 0.3 is 5.97 Å². The van der Waals surface area contributed by atoms with Crippen molar-refractivity contribution in [3.05, 3.63) is 46.5 Å². The molecule has 110 valence electrons. The van der Waals surface area contributed by atoms with Crippen molar-refractivity contribution in [1.82, 2.24) is 4.90 Å². The van der Waals surface area contributed by atoms with E-state index in [1.807, 2.05) is 18.2 Å². The van der Waals surface area contributed by atoms with Crippen LogP contribution in [0.25, 0.3) is 6.08 Å². The first-order valence-corrected chi connectivity index (χ1v) is 7.05. The molecule has 0 fully saturated rings. The van der Waals surface area contributed by atoms with Gasteiger partial charge < -0.3 is 14.7 Å². The summed E-state index contributed by atoms with van der Waals surface area (Å²) in [6.07, 6.45) is 3.22. The molecule has 0 saturated carbocycles. The maximum atomic E-state index is 12.4. The van der Waals surface area contributed by atoms with Gasteiger partial charge in [-0.25, -0.2) is 0 Å². The van der Waals surface area contributed by atoms with Crippen molar-refractivity contribution in [2.45, 2.75) is 0 Å². The zero-order valence-corrected chi connectivity index (χ0v) is 12.8. The van der Waals surface area contributed by atoms with Crippen LogP contribution in [0.5, 0.6) is 5.75 Å². The molecule has 1 aliphatic heterocycles. The van der Waals surface area contributed by atoms with Crippen LogP contribution in [0.3, 0.4) is 0 Å². The Hall–Kier alpha value is -2.08. The van der Waals surface area contributed by atoms with Crippen molar-refractivity contribution in [2.24, 2.45) is 0 Å². The quantitative estimate of drug-likeness (QED) is 0.826. The van der Waals surface area contributed by atoms with E-state index in [0.717, 1.165) is 10.0 Å². The number of fused-ring (bicyclic) bond motifs is 1. The molecule has 0 unspecified atom stereocenters. The number of rotatable bonds is 5. The summed E-state index contributed by atoms with van der Waals surface area (Å²) in [7, 11) is 0. The van der Waals surface area contributed by atoms with Crippen LogP contribution in [0.15, 0.2) is 40.9 Å². The van der Waals surface area contributed by atoms with Crippen molar-refractivity contribution < 1.29 is 19.4 Å². The molecule has 0 spiro atoms. The smallest absolute Gasteiger partial charge is 0.323 e. The minimum atomic E-state index is -1.06. The topological polar surface area (TPSA) is 66.8 Å². The molecule has 0 aliphatic carbocycles. The van der Waals surface area contributed by atoms with Crippen molar-refractivity contribution in [1.29, 1.82) is 0 Å². The van der Waals surface area contributed by atoms with E-state index in [1.54, 1.807) is 6.08 Å². The number of carbonyl (C=O) groups is 2. The molecule has 1 amide bonds. The Morgan fingerprint density at radius 2 is 2.24 bits per heavy atom. The molecule has 1 heterocycles. The van der Waals surface area contributed by atoms with Crippen molar-refractivity contribution in [3.63, 3.8) is 0 Å². The lowest BCUT2D eigenvalue weighted by atomic mass is 10.1. The van der Waals surface area contributed by atoms with E-state index in [4.69, 9.17) is 9.84 Å². The first kappa shape index (κ1) is 15.3. The van der Waals surface area contributed by atoms with Gasteiger partial charge in [0.1, 0.15) is 18.9 Å². The monoisotopic (exact) mass is 351 g/mol. The Morgan fingerprint density at radius 1 is 1.48 bits per heavy atom. The predicted octanol–water partition coefficient (Wildman–Crippen LogP) is 2.32. The second kappa shape index (κ2) is 6.58. The molecule has 5 nitrogen and oxygen atoms in total. The first-order valence-electron chi connectivity index (χ1n) is 6.26. The van der Waals surface area contributed by atoms with Crippen molar-refractivity contribution in [2.75, 3.05) is 19.7 Å². The summed E-state index contributed by atoms with van der Waals surface area (Å²) in [6.45, 7) is 3.47. The number of carbonyl (C=O) groups excluding carboxylic acids is 1. The number of nitrogens with zero attached hydrogens (tertiary/aromatic N) is 1. The average Bonchev–Trinajstić information content (AvgIpc) is 2.44. The average molecular weight is 352 g/mol. The maximum absolute atomic E-state index is 12.4. The largest absolute Gasteiger partial charge is 0.488 e. The number of benzene rings is 1. The molecule has 0 radical (unpaired) electrons. The molecule has 0 atom stereocenters. The van der Waals surface area contributed by atoms with E-state index in [0.29, 0.717) is 11.3 Å². The zero-order valence-electron chi connectivity index (χ0n) is 11.2. The van der Waals surface area contributed by atoms with E-state index in [1.165, 1.54) is 11.0 Å². The van der Waals surface area contributed by atoms with Crippen LogP contribution in [0.4, 0.5) is 0 Å². The third kappa shape index (κ3) is 3.72. The Bertz CT molecular complexity index is 624.